The minimum Gasteiger partial charge on any atom is -0.462 e. The second-order valence-corrected chi connectivity index (χ2v) is 14.2. The van der Waals surface area contributed by atoms with E-state index in [4.69, 9.17) is 14.2 Å². The molecule has 0 spiro atoms. The van der Waals surface area contributed by atoms with Gasteiger partial charge in [-0.05, 0) is 64.2 Å². The molecule has 1 atom stereocenters. The number of esters is 3. The fourth-order valence-corrected chi connectivity index (χ4v) is 5.87. The van der Waals surface area contributed by atoms with Crippen LogP contribution in [0.15, 0.2) is 36.5 Å². The van der Waals surface area contributed by atoms with Crippen LogP contribution in [0.4, 0.5) is 0 Å². The number of hydrogen-bond acceptors (Lipinski definition) is 6. The van der Waals surface area contributed by atoms with Crippen molar-refractivity contribution >= 4 is 17.9 Å². The highest BCUT2D eigenvalue weighted by molar-refractivity contribution is 5.71. The average Bonchev–Trinajstić information content (AvgIpc) is 3.12. The van der Waals surface area contributed by atoms with Crippen LogP contribution in [0.25, 0.3) is 0 Å². The van der Waals surface area contributed by atoms with Crippen molar-refractivity contribution in [3.8, 4) is 0 Å². The van der Waals surface area contributed by atoms with Crippen LogP contribution in [0, 0.1) is 0 Å². The monoisotopic (exact) mass is 717 g/mol. The molecule has 0 N–H and O–H groups in total. The van der Waals surface area contributed by atoms with Crippen LogP contribution in [0.1, 0.15) is 213 Å². The molecule has 0 fully saturated rings. The largest absolute Gasteiger partial charge is 0.462 e. The lowest BCUT2D eigenvalue weighted by Gasteiger charge is -2.18. The molecule has 0 radical (unpaired) electrons. The Morgan fingerprint density at radius 2 is 0.784 bits per heavy atom. The zero-order chi connectivity index (χ0) is 37.3. The molecule has 0 saturated carbocycles. The molecule has 0 aliphatic heterocycles. The highest BCUT2D eigenvalue weighted by atomic mass is 16.6. The molecule has 51 heavy (non-hydrogen) atoms. The van der Waals surface area contributed by atoms with Gasteiger partial charge < -0.3 is 14.2 Å². The normalized spacial score (nSPS) is 12.3. The number of rotatable bonds is 38. The molecule has 6 nitrogen and oxygen atoms in total. The molecule has 1 unspecified atom stereocenters. The summed E-state index contributed by atoms with van der Waals surface area (Å²) in [5, 5.41) is 0. The maximum Gasteiger partial charge on any atom is 0.306 e. The lowest BCUT2D eigenvalue weighted by atomic mass is 10.0. The first kappa shape index (κ1) is 48.6. The summed E-state index contributed by atoms with van der Waals surface area (Å²) >= 11 is 0. The maximum atomic E-state index is 12.6. The quantitative estimate of drug-likeness (QED) is 0.0274. The van der Waals surface area contributed by atoms with Crippen molar-refractivity contribution in [2.75, 3.05) is 13.2 Å². The number of carbonyl (C=O) groups is 3. The van der Waals surface area contributed by atoms with Gasteiger partial charge in [0.05, 0.1) is 0 Å². The van der Waals surface area contributed by atoms with E-state index in [-0.39, 0.29) is 31.1 Å². The number of allylic oxidation sites excluding steroid dienone is 6. The first-order valence-electron chi connectivity index (χ1n) is 21.5. The Hall–Kier alpha value is -2.37. The van der Waals surface area contributed by atoms with Gasteiger partial charge in [0.15, 0.2) is 6.10 Å². The van der Waals surface area contributed by atoms with Crippen LogP contribution in [0.3, 0.4) is 0 Å². The molecule has 0 aromatic rings. The van der Waals surface area contributed by atoms with Crippen LogP contribution < -0.4 is 0 Å². The Balaban J connectivity index is 4.36. The Bertz CT molecular complexity index is 876. The van der Waals surface area contributed by atoms with Gasteiger partial charge in [0, 0.05) is 19.3 Å². The predicted octanol–water partition coefficient (Wildman–Crippen LogP) is 13.4. The molecule has 0 aliphatic carbocycles. The molecule has 0 bridgehead atoms. The van der Waals surface area contributed by atoms with E-state index < -0.39 is 6.10 Å². The molecule has 0 heterocycles. The van der Waals surface area contributed by atoms with Crippen molar-refractivity contribution in [2.24, 2.45) is 0 Å². The van der Waals surface area contributed by atoms with Gasteiger partial charge in [0.25, 0.3) is 0 Å². The molecular weight excluding hydrogens is 636 g/mol. The summed E-state index contributed by atoms with van der Waals surface area (Å²) in [5.41, 5.74) is 0. The van der Waals surface area contributed by atoms with E-state index in [9.17, 15) is 14.4 Å². The highest BCUT2D eigenvalue weighted by Gasteiger charge is 2.19. The van der Waals surface area contributed by atoms with Crippen LogP contribution in [-0.4, -0.2) is 37.2 Å². The lowest BCUT2D eigenvalue weighted by molar-refractivity contribution is -0.167. The highest BCUT2D eigenvalue weighted by Crippen LogP contribution is 2.14. The fraction of sp³-hybridized carbons (Fsp3) is 0.800. The minimum atomic E-state index is -0.783. The third-order valence-corrected chi connectivity index (χ3v) is 9.13. The zero-order valence-electron chi connectivity index (χ0n) is 33.6. The van der Waals surface area contributed by atoms with Gasteiger partial charge in [-0.3, -0.25) is 14.4 Å². The average molecular weight is 717 g/mol. The Labute approximate surface area is 315 Å². The molecule has 296 valence electrons. The van der Waals surface area contributed by atoms with Crippen molar-refractivity contribution in [3.63, 3.8) is 0 Å². The third-order valence-electron chi connectivity index (χ3n) is 9.13. The van der Waals surface area contributed by atoms with E-state index in [0.29, 0.717) is 19.3 Å². The van der Waals surface area contributed by atoms with Crippen LogP contribution >= 0.6 is 0 Å². The summed E-state index contributed by atoms with van der Waals surface area (Å²) in [5.74, 6) is -0.939. The van der Waals surface area contributed by atoms with Crippen LogP contribution in [-0.2, 0) is 28.6 Å². The molecule has 0 saturated heterocycles. The number of unbranched alkanes of at least 4 members (excludes halogenated alkanes) is 21. The summed E-state index contributed by atoms with van der Waals surface area (Å²) in [6, 6.07) is 0. The SMILES string of the molecule is CC/C=C\C/C=C\CCCCC(=O)OCC(COC(=O)CCCCCCCCCCCCCCCC)OC(=O)CCCCCC/C=C\CCCC. The summed E-state index contributed by atoms with van der Waals surface area (Å²) in [7, 11) is 0. The predicted molar refractivity (Wildman–Crippen MR) is 215 cm³/mol. The zero-order valence-corrected chi connectivity index (χ0v) is 33.6. The first-order valence-corrected chi connectivity index (χ1v) is 21.5. The fourth-order valence-electron chi connectivity index (χ4n) is 5.87. The van der Waals surface area contributed by atoms with E-state index in [2.05, 4.69) is 57.2 Å². The lowest BCUT2D eigenvalue weighted by Crippen LogP contribution is -2.30. The van der Waals surface area contributed by atoms with Gasteiger partial charge in [-0.2, -0.15) is 0 Å². The van der Waals surface area contributed by atoms with E-state index in [1.54, 1.807) is 0 Å². The van der Waals surface area contributed by atoms with Gasteiger partial charge in [0.2, 0.25) is 0 Å². The van der Waals surface area contributed by atoms with Crippen molar-refractivity contribution in [3.05, 3.63) is 36.5 Å². The van der Waals surface area contributed by atoms with Crippen molar-refractivity contribution < 1.29 is 28.6 Å². The van der Waals surface area contributed by atoms with Crippen LogP contribution in [0.5, 0.6) is 0 Å². The van der Waals surface area contributed by atoms with E-state index in [1.807, 2.05) is 0 Å². The van der Waals surface area contributed by atoms with Gasteiger partial charge >= 0.3 is 17.9 Å². The van der Waals surface area contributed by atoms with E-state index in [1.165, 1.54) is 83.5 Å². The summed E-state index contributed by atoms with van der Waals surface area (Å²) < 4.78 is 16.6. The van der Waals surface area contributed by atoms with Crippen molar-refractivity contribution in [2.45, 2.75) is 219 Å². The smallest absolute Gasteiger partial charge is 0.306 e. The third kappa shape index (κ3) is 38.7. The van der Waals surface area contributed by atoms with Crippen LogP contribution in [0.2, 0.25) is 0 Å². The standard InChI is InChI=1S/C45H80O6/c1-4-7-10-13-16-19-21-22-23-24-27-29-32-35-38-44(47)50-41-42(40-49-43(46)37-34-31-28-25-18-15-12-9-6-3)51-45(48)39-36-33-30-26-20-17-14-11-8-5-2/h9,12,14,17-18,25,42H,4-8,10-11,13,15-16,19-24,26-41H2,1-3H3/b12-9-,17-14-,25-18-. The van der Waals surface area contributed by atoms with Crippen molar-refractivity contribution in [1.29, 1.82) is 0 Å². The Morgan fingerprint density at radius 3 is 1.29 bits per heavy atom. The van der Waals surface area contributed by atoms with Gasteiger partial charge in [-0.1, -0.05) is 166 Å². The first-order chi connectivity index (χ1) is 25.0. The molecule has 6 heteroatoms. The summed E-state index contributed by atoms with van der Waals surface area (Å²) in [6.07, 6.45) is 44.3. The molecule has 0 aliphatic rings. The summed E-state index contributed by atoms with van der Waals surface area (Å²) in [6.45, 7) is 6.42. The Morgan fingerprint density at radius 1 is 0.412 bits per heavy atom. The molecule has 0 aromatic carbocycles. The number of ether oxygens (including phenoxy) is 3. The molecule has 0 aromatic heterocycles. The minimum absolute atomic E-state index is 0.0852. The van der Waals surface area contributed by atoms with E-state index in [0.717, 1.165) is 89.9 Å². The van der Waals surface area contributed by atoms with E-state index >= 15 is 0 Å². The maximum absolute atomic E-state index is 12.6. The molecule has 0 rings (SSSR count). The second-order valence-electron chi connectivity index (χ2n) is 14.2. The summed E-state index contributed by atoms with van der Waals surface area (Å²) in [4.78, 5) is 37.5. The Kier molecular flexibility index (Phi) is 38.5. The van der Waals surface area contributed by atoms with Gasteiger partial charge in [-0.15, -0.1) is 0 Å². The number of carbonyl (C=O) groups excluding carboxylic acids is 3. The second kappa shape index (κ2) is 40.4. The molecular formula is C45H80O6. The number of hydrogen-bond donors (Lipinski definition) is 0. The van der Waals surface area contributed by atoms with Crippen molar-refractivity contribution in [1.82, 2.24) is 0 Å². The molecule has 0 amide bonds. The van der Waals surface area contributed by atoms with Gasteiger partial charge in [0.1, 0.15) is 13.2 Å². The topological polar surface area (TPSA) is 78.9 Å². The van der Waals surface area contributed by atoms with Gasteiger partial charge in [-0.25, -0.2) is 0 Å².